The smallest absolute Gasteiger partial charge is 0.315 e. The van der Waals surface area contributed by atoms with E-state index in [4.69, 9.17) is 9.26 Å². The molecule has 0 saturated carbocycles. The van der Waals surface area contributed by atoms with Crippen molar-refractivity contribution in [2.24, 2.45) is 0 Å². The van der Waals surface area contributed by atoms with Crippen LogP contribution in [0.2, 0.25) is 0 Å². The maximum atomic E-state index is 12.5. The van der Waals surface area contributed by atoms with Crippen LogP contribution in [0.3, 0.4) is 0 Å². The average Bonchev–Trinajstić information content (AvgIpc) is 3.09. The fourth-order valence-corrected chi connectivity index (χ4v) is 3.18. The van der Waals surface area contributed by atoms with Gasteiger partial charge in [-0.1, -0.05) is 29.8 Å². The van der Waals surface area contributed by atoms with E-state index in [1.54, 1.807) is 0 Å². The van der Waals surface area contributed by atoms with Crippen molar-refractivity contribution in [2.75, 3.05) is 6.61 Å². The number of aryl methyl sites for hydroxylation is 3. The Morgan fingerprint density at radius 1 is 1.38 bits per heavy atom. The second-order valence-electron chi connectivity index (χ2n) is 6.22. The van der Waals surface area contributed by atoms with Crippen LogP contribution < -0.4 is 15.4 Å². The zero-order valence-electron chi connectivity index (χ0n) is 14.5. The molecule has 2 N–H and O–H groups in total. The van der Waals surface area contributed by atoms with Crippen molar-refractivity contribution in [3.63, 3.8) is 0 Å². The summed E-state index contributed by atoms with van der Waals surface area (Å²) >= 11 is 0. The third-order valence-corrected chi connectivity index (χ3v) is 4.40. The molecule has 0 spiro atoms. The van der Waals surface area contributed by atoms with Gasteiger partial charge in [0.25, 0.3) is 0 Å². The van der Waals surface area contributed by atoms with E-state index >= 15 is 0 Å². The Bertz CT molecular complexity index is 734. The lowest BCUT2D eigenvalue weighted by Crippen LogP contribution is -2.40. The lowest BCUT2D eigenvalue weighted by Gasteiger charge is -2.19. The van der Waals surface area contributed by atoms with Gasteiger partial charge in [-0.2, -0.15) is 0 Å². The van der Waals surface area contributed by atoms with Crippen LogP contribution >= 0.6 is 0 Å². The number of hydrogen-bond acceptors (Lipinski definition) is 4. The number of ether oxygens (including phenoxy) is 1. The van der Waals surface area contributed by atoms with E-state index in [1.165, 1.54) is 0 Å². The van der Waals surface area contributed by atoms with E-state index < -0.39 is 0 Å². The first-order valence-corrected chi connectivity index (χ1v) is 8.22. The summed E-state index contributed by atoms with van der Waals surface area (Å²) in [5.41, 5.74) is 3.93. The van der Waals surface area contributed by atoms with Gasteiger partial charge in [0.1, 0.15) is 18.1 Å². The molecular weight excluding hydrogens is 306 g/mol. The molecule has 0 aliphatic carbocycles. The molecule has 0 saturated heterocycles. The standard InChI is InChI=1S/C18H23N3O3/c1-5-14(17-11(3)21-24-12(17)4)19-18(22)20-15-9-23-16-7-6-10(2)8-13(15)16/h6-8,14-15H,5,9H2,1-4H3,(H2,19,20,22)/t14-,15+/m1/s1. The van der Waals surface area contributed by atoms with E-state index in [0.29, 0.717) is 6.61 Å². The summed E-state index contributed by atoms with van der Waals surface area (Å²) in [6.07, 6.45) is 0.757. The highest BCUT2D eigenvalue weighted by atomic mass is 16.5. The Hall–Kier alpha value is -2.50. The highest BCUT2D eigenvalue weighted by Gasteiger charge is 2.27. The molecule has 1 aliphatic rings. The van der Waals surface area contributed by atoms with Gasteiger partial charge in [-0.15, -0.1) is 0 Å². The number of carbonyl (C=O) groups is 1. The minimum Gasteiger partial charge on any atom is -0.491 e. The summed E-state index contributed by atoms with van der Waals surface area (Å²) in [4.78, 5) is 12.5. The summed E-state index contributed by atoms with van der Waals surface area (Å²) < 4.78 is 10.9. The Balaban J connectivity index is 1.69. The van der Waals surface area contributed by atoms with Crippen molar-refractivity contribution in [1.82, 2.24) is 15.8 Å². The lowest BCUT2D eigenvalue weighted by molar-refractivity contribution is 0.228. The number of rotatable bonds is 4. The molecule has 6 heteroatoms. The number of carbonyl (C=O) groups excluding carboxylic acids is 1. The molecule has 1 aliphatic heterocycles. The van der Waals surface area contributed by atoms with Gasteiger partial charge >= 0.3 is 6.03 Å². The molecule has 0 radical (unpaired) electrons. The number of aromatic nitrogens is 1. The third-order valence-electron chi connectivity index (χ3n) is 4.40. The molecule has 2 amide bonds. The largest absolute Gasteiger partial charge is 0.491 e. The van der Waals surface area contributed by atoms with Crippen molar-refractivity contribution in [2.45, 2.75) is 46.2 Å². The molecule has 1 aromatic carbocycles. The minimum absolute atomic E-state index is 0.129. The Morgan fingerprint density at radius 3 is 2.83 bits per heavy atom. The van der Waals surface area contributed by atoms with Gasteiger partial charge < -0.3 is 19.9 Å². The van der Waals surface area contributed by atoms with Crippen LogP contribution in [-0.2, 0) is 0 Å². The lowest BCUT2D eigenvalue weighted by atomic mass is 10.0. The van der Waals surface area contributed by atoms with E-state index in [1.807, 2.05) is 39.8 Å². The van der Waals surface area contributed by atoms with E-state index in [9.17, 15) is 4.79 Å². The summed E-state index contributed by atoms with van der Waals surface area (Å²) in [5.74, 6) is 1.58. The van der Waals surface area contributed by atoms with E-state index in [-0.39, 0.29) is 18.1 Å². The van der Waals surface area contributed by atoms with Gasteiger partial charge in [-0.05, 0) is 33.3 Å². The fraction of sp³-hybridized carbons (Fsp3) is 0.444. The van der Waals surface area contributed by atoms with Gasteiger partial charge in [0.05, 0.1) is 17.8 Å². The monoisotopic (exact) mass is 329 g/mol. The van der Waals surface area contributed by atoms with Crippen LogP contribution in [0.4, 0.5) is 4.79 Å². The van der Waals surface area contributed by atoms with Crippen molar-refractivity contribution in [1.29, 1.82) is 0 Å². The molecule has 2 atom stereocenters. The quantitative estimate of drug-likeness (QED) is 0.900. The first kappa shape index (κ1) is 16.4. The van der Waals surface area contributed by atoms with Gasteiger partial charge in [-0.3, -0.25) is 0 Å². The van der Waals surface area contributed by atoms with Crippen LogP contribution in [0.1, 0.15) is 53.6 Å². The first-order chi connectivity index (χ1) is 11.5. The zero-order valence-corrected chi connectivity index (χ0v) is 14.5. The van der Waals surface area contributed by atoms with Crippen LogP contribution in [0.15, 0.2) is 22.7 Å². The highest BCUT2D eigenvalue weighted by Crippen LogP contribution is 2.33. The second-order valence-corrected chi connectivity index (χ2v) is 6.22. The highest BCUT2D eigenvalue weighted by molar-refractivity contribution is 5.75. The SMILES string of the molecule is CC[C@@H](NC(=O)N[C@H]1COc2ccc(C)cc21)c1c(C)noc1C. The molecule has 24 heavy (non-hydrogen) atoms. The molecule has 128 valence electrons. The Kier molecular flexibility index (Phi) is 4.46. The molecule has 6 nitrogen and oxygen atoms in total. The second kappa shape index (κ2) is 6.55. The predicted molar refractivity (Wildman–Crippen MR) is 90.1 cm³/mol. The van der Waals surface area contributed by atoms with Crippen molar-refractivity contribution >= 4 is 6.03 Å². The minimum atomic E-state index is -0.218. The van der Waals surface area contributed by atoms with Gasteiger partial charge in [0.15, 0.2) is 0 Å². The maximum absolute atomic E-state index is 12.5. The summed E-state index contributed by atoms with van der Waals surface area (Å²) in [6.45, 7) is 8.25. The van der Waals surface area contributed by atoms with Gasteiger partial charge in [0, 0.05) is 11.1 Å². The number of amides is 2. The average molecular weight is 329 g/mol. The topological polar surface area (TPSA) is 76.4 Å². The zero-order chi connectivity index (χ0) is 17.3. The number of benzene rings is 1. The van der Waals surface area contributed by atoms with Crippen LogP contribution in [-0.4, -0.2) is 17.8 Å². The molecule has 3 rings (SSSR count). The summed E-state index contributed by atoms with van der Waals surface area (Å²) in [6, 6.07) is 5.52. The van der Waals surface area contributed by atoms with Crippen molar-refractivity contribution in [3.8, 4) is 5.75 Å². The number of urea groups is 1. The predicted octanol–water partition coefficient (Wildman–Crippen LogP) is 3.48. The fourth-order valence-electron chi connectivity index (χ4n) is 3.18. The number of nitrogens with one attached hydrogen (secondary N) is 2. The normalized spacial score (nSPS) is 17.1. The third kappa shape index (κ3) is 3.09. The summed E-state index contributed by atoms with van der Waals surface area (Å²) in [5, 5.41) is 9.99. The van der Waals surface area contributed by atoms with E-state index in [2.05, 4.69) is 21.9 Å². The molecule has 0 unspecified atom stereocenters. The van der Waals surface area contributed by atoms with Crippen molar-refractivity contribution in [3.05, 3.63) is 46.3 Å². The van der Waals surface area contributed by atoms with Gasteiger partial charge in [0.2, 0.25) is 0 Å². The van der Waals surface area contributed by atoms with Crippen LogP contribution in [0.5, 0.6) is 5.75 Å². The number of fused-ring (bicyclic) bond motifs is 1. The number of hydrogen-bond donors (Lipinski definition) is 2. The maximum Gasteiger partial charge on any atom is 0.315 e. The molecule has 0 bridgehead atoms. The van der Waals surface area contributed by atoms with Crippen LogP contribution in [0.25, 0.3) is 0 Å². The Morgan fingerprint density at radius 2 is 2.17 bits per heavy atom. The Labute approximate surface area is 141 Å². The van der Waals surface area contributed by atoms with Crippen LogP contribution in [0, 0.1) is 20.8 Å². The molecular formula is C18H23N3O3. The molecule has 2 aromatic rings. The first-order valence-electron chi connectivity index (χ1n) is 8.22. The van der Waals surface area contributed by atoms with Crippen molar-refractivity contribution < 1.29 is 14.1 Å². The van der Waals surface area contributed by atoms with E-state index in [0.717, 1.165) is 40.3 Å². The molecule has 0 fully saturated rings. The summed E-state index contributed by atoms with van der Waals surface area (Å²) in [7, 11) is 0. The molecule has 2 heterocycles. The molecule has 1 aromatic heterocycles. The van der Waals surface area contributed by atoms with Gasteiger partial charge in [-0.25, -0.2) is 4.79 Å². The number of nitrogens with zero attached hydrogens (tertiary/aromatic N) is 1.